The molecule has 0 spiro atoms. The van der Waals surface area contributed by atoms with Crippen LogP contribution in [0.2, 0.25) is 5.02 Å². The molecular weight excluding hydrogens is 272 g/mol. The number of benzene rings is 1. The molecule has 0 saturated carbocycles. The SMILES string of the molecule is Cc1cc(Cl)cc(C(=O)NC(CC(N)=O)C(=O)O)c1. The molecule has 1 unspecified atom stereocenters. The number of nitrogens with two attached hydrogens (primary N) is 1. The van der Waals surface area contributed by atoms with Crippen molar-refractivity contribution in [1.29, 1.82) is 0 Å². The predicted molar refractivity (Wildman–Crippen MR) is 68.9 cm³/mol. The summed E-state index contributed by atoms with van der Waals surface area (Å²) in [6.07, 6.45) is -0.472. The highest BCUT2D eigenvalue weighted by Gasteiger charge is 2.22. The van der Waals surface area contributed by atoms with E-state index < -0.39 is 30.2 Å². The van der Waals surface area contributed by atoms with E-state index in [-0.39, 0.29) is 5.56 Å². The van der Waals surface area contributed by atoms with Crippen molar-refractivity contribution in [3.63, 3.8) is 0 Å². The summed E-state index contributed by atoms with van der Waals surface area (Å²) in [7, 11) is 0. The maximum Gasteiger partial charge on any atom is 0.326 e. The average Bonchev–Trinajstić information content (AvgIpc) is 2.25. The van der Waals surface area contributed by atoms with Gasteiger partial charge >= 0.3 is 5.97 Å². The molecule has 4 N–H and O–H groups in total. The molecule has 2 amide bonds. The van der Waals surface area contributed by atoms with Crippen molar-refractivity contribution in [3.8, 4) is 0 Å². The van der Waals surface area contributed by atoms with E-state index in [1.807, 2.05) is 0 Å². The third-order valence-corrected chi connectivity index (χ3v) is 2.53. The van der Waals surface area contributed by atoms with E-state index in [9.17, 15) is 14.4 Å². The molecule has 1 aromatic rings. The molecule has 19 heavy (non-hydrogen) atoms. The lowest BCUT2D eigenvalue weighted by Crippen LogP contribution is -2.43. The van der Waals surface area contributed by atoms with E-state index in [1.165, 1.54) is 6.07 Å². The van der Waals surface area contributed by atoms with E-state index in [2.05, 4.69) is 5.32 Å². The second-order valence-electron chi connectivity index (χ2n) is 4.05. The van der Waals surface area contributed by atoms with Crippen LogP contribution in [0.15, 0.2) is 18.2 Å². The lowest BCUT2D eigenvalue weighted by atomic mass is 10.1. The van der Waals surface area contributed by atoms with Crippen LogP contribution in [0, 0.1) is 6.92 Å². The number of carbonyl (C=O) groups excluding carboxylic acids is 2. The minimum atomic E-state index is -1.36. The fourth-order valence-corrected chi connectivity index (χ4v) is 1.80. The zero-order valence-electron chi connectivity index (χ0n) is 10.1. The Morgan fingerprint density at radius 3 is 2.47 bits per heavy atom. The van der Waals surface area contributed by atoms with Gasteiger partial charge in [-0.05, 0) is 30.7 Å². The van der Waals surface area contributed by atoms with Gasteiger partial charge in [0.1, 0.15) is 6.04 Å². The maximum atomic E-state index is 11.9. The number of carboxylic acid groups (broad SMARTS) is 1. The third-order valence-electron chi connectivity index (χ3n) is 2.31. The zero-order valence-corrected chi connectivity index (χ0v) is 10.9. The fraction of sp³-hybridized carbons (Fsp3) is 0.250. The van der Waals surface area contributed by atoms with Gasteiger partial charge in [-0.3, -0.25) is 9.59 Å². The Kier molecular flexibility index (Phi) is 4.88. The molecule has 0 radical (unpaired) electrons. The Labute approximate surface area is 114 Å². The lowest BCUT2D eigenvalue weighted by molar-refractivity contribution is -0.140. The number of aryl methyl sites for hydroxylation is 1. The second-order valence-corrected chi connectivity index (χ2v) is 4.49. The number of hydrogen-bond donors (Lipinski definition) is 3. The van der Waals surface area contributed by atoms with Crippen molar-refractivity contribution in [2.24, 2.45) is 5.73 Å². The smallest absolute Gasteiger partial charge is 0.326 e. The van der Waals surface area contributed by atoms with Gasteiger partial charge in [-0.1, -0.05) is 11.6 Å². The molecule has 1 aromatic carbocycles. The summed E-state index contributed by atoms with van der Waals surface area (Å²) in [5.41, 5.74) is 5.91. The molecule has 0 aliphatic heterocycles. The van der Waals surface area contributed by atoms with Crippen LogP contribution in [-0.4, -0.2) is 28.9 Å². The summed E-state index contributed by atoms with van der Waals surface area (Å²) in [5.74, 6) is -2.76. The first-order valence-corrected chi connectivity index (χ1v) is 5.76. The van der Waals surface area contributed by atoms with Crippen LogP contribution >= 0.6 is 11.6 Å². The van der Waals surface area contributed by atoms with Gasteiger partial charge in [0.25, 0.3) is 5.91 Å². The van der Waals surface area contributed by atoms with E-state index in [0.717, 1.165) is 5.56 Å². The van der Waals surface area contributed by atoms with Crippen LogP contribution in [0.5, 0.6) is 0 Å². The Bertz CT molecular complexity index is 510. The topological polar surface area (TPSA) is 109 Å². The molecule has 0 fully saturated rings. The summed E-state index contributed by atoms with van der Waals surface area (Å²) in [5, 5.41) is 11.5. The number of aliphatic carboxylic acids is 1. The molecular formula is C12H13ClN2O4. The first kappa shape index (κ1) is 15.0. The Balaban J connectivity index is 2.87. The number of carbonyl (C=O) groups is 3. The van der Waals surface area contributed by atoms with Gasteiger partial charge in [-0.2, -0.15) is 0 Å². The summed E-state index contributed by atoms with van der Waals surface area (Å²) in [6, 6.07) is 3.28. The van der Waals surface area contributed by atoms with E-state index in [4.69, 9.17) is 22.4 Å². The van der Waals surface area contributed by atoms with Crippen LogP contribution < -0.4 is 11.1 Å². The van der Waals surface area contributed by atoms with Crippen LogP contribution in [0.1, 0.15) is 22.3 Å². The Morgan fingerprint density at radius 1 is 1.37 bits per heavy atom. The van der Waals surface area contributed by atoms with E-state index in [1.54, 1.807) is 19.1 Å². The van der Waals surface area contributed by atoms with Crippen molar-refractivity contribution < 1.29 is 19.5 Å². The van der Waals surface area contributed by atoms with Gasteiger partial charge in [0.2, 0.25) is 5.91 Å². The minimum absolute atomic E-state index is 0.223. The predicted octanol–water partition coefficient (Wildman–Crippen LogP) is 0.707. The van der Waals surface area contributed by atoms with Gasteiger partial charge in [-0.25, -0.2) is 4.79 Å². The van der Waals surface area contributed by atoms with Gasteiger partial charge in [0.05, 0.1) is 6.42 Å². The molecule has 0 saturated heterocycles. The summed E-state index contributed by atoms with van der Waals surface area (Å²) >= 11 is 5.81. The van der Waals surface area contributed by atoms with Crippen molar-refractivity contribution in [2.45, 2.75) is 19.4 Å². The molecule has 0 bridgehead atoms. The standard InChI is InChI=1S/C12H13ClN2O4/c1-6-2-7(4-8(13)3-6)11(17)15-9(12(18)19)5-10(14)16/h2-4,9H,5H2,1H3,(H2,14,16)(H,15,17)(H,18,19). The minimum Gasteiger partial charge on any atom is -0.480 e. The van der Waals surface area contributed by atoms with Crippen molar-refractivity contribution in [3.05, 3.63) is 34.3 Å². The first-order valence-electron chi connectivity index (χ1n) is 5.38. The number of primary amides is 1. The first-order chi connectivity index (χ1) is 8.79. The highest BCUT2D eigenvalue weighted by Crippen LogP contribution is 2.14. The number of nitrogens with one attached hydrogen (secondary N) is 1. The molecule has 102 valence electrons. The van der Waals surface area contributed by atoms with Crippen LogP contribution in [0.3, 0.4) is 0 Å². The molecule has 0 aliphatic carbocycles. The molecule has 6 nitrogen and oxygen atoms in total. The fourth-order valence-electron chi connectivity index (χ4n) is 1.51. The number of carboxylic acids is 1. The maximum absolute atomic E-state index is 11.9. The molecule has 0 aromatic heterocycles. The summed E-state index contributed by atoms with van der Waals surface area (Å²) < 4.78 is 0. The van der Waals surface area contributed by atoms with Gasteiger partial charge in [0, 0.05) is 10.6 Å². The molecule has 0 heterocycles. The van der Waals surface area contributed by atoms with Crippen molar-refractivity contribution >= 4 is 29.4 Å². The molecule has 1 rings (SSSR count). The Hall–Kier alpha value is -2.08. The molecule has 7 heteroatoms. The molecule has 1 atom stereocenters. The van der Waals surface area contributed by atoms with Crippen molar-refractivity contribution in [2.75, 3.05) is 0 Å². The number of rotatable bonds is 5. The highest BCUT2D eigenvalue weighted by atomic mass is 35.5. The van der Waals surface area contributed by atoms with Crippen LogP contribution in [0.4, 0.5) is 0 Å². The lowest BCUT2D eigenvalue weighted by Gasteiger charge is -2.13. The zero-order chi connectivity index (χ0) is 14.6. The number of hydrogen-bond acceptors (Lipinski definition) is 3. The monoisotopic (exact) mass is 284 g/mol. The van der Waals surface area contributed by atoms with Crippen LogP contribution in [0.25, 0.3) is 0 Å². The Morgan fingerprint density at radius 2 is 2.00 bits per heavy atom. The van der Waals surface area contributed by atoms with Crippen LogP contribution in [-0.2, 0) is 9.59 Å². The normalized spacial score (nSPS) is 11.7. The number of halogens is 1. The number of amides is 2. The van der Waals surface area contributed by atoms with E-state index in [0.29, 0.717) is 5.02 Å². The van der Waals surface area contributed by atoms with Gasteiger partial charge in [-0.15, -0.1) is 0 Å². The summed E-state index contributed by atoms with van der Waals surface area (Å²) in [4.78, 5) is 33.5. The third kappa shape index (κ3) is 4.59. The molecule has 0 aliphatic rings. The van der Waals surface area contributed by atoms with E-state index >= 15 is 0 Å². The quantitative estimate of drug-likeness (QED) is 0.739. The second kappa shape index (κ2) is 6.19. The van der Waals surface area contributed by atoms with Gasteiger partial charge < -0.3 is 16.2 Å². The highest BCUT2D eigenvalue weighted by molar-refractivity contribution is 6.31. The van der Waals surface area contributed by atoms with Crippen molar-refractivity contribution in [1.82, 2.24) is 5.32 Å². The average molecular weight is 285 g/mol. The summed E-state index contributed by atoms with van der Waals surface area (Å²) in [6.45, 7) is 1.75. The van der Waals surface area contributed by atoms with Gasteiger partial charge in [0.15, 0.2) is 0 Å². The largest absolute Gasteiger partial charge is 0.480 e.